The smallest absolute Gasteiger partial charge is 0.0360 e. The molecule has 1 N–H and O–H groups in total. The lowest BCUT2D eigenvalue weighted by atomic mass is 9.94. The Morgan fingerprint density at radius 1 is 1.33 bits per heavy atom. The number of hydrogen-bond acceptors (Lipinski definition) is 2. The lowest BCUT2D eigenvalue weighted by Crippen LogP contribution is -2.58. The van der Waals surface area contributed by atoms with E-state index in [1.165, 1.54) is 24.9 Å². The van der Waals surface area contributed by atoms with E-state index in [2.05, 4.69) is 49.2 Å². The van der Waals surface area contributed by atoms with Crippen LogP contribution < -0.4 is 5.32 Å². The molecule has 1 saturated heterocycles. The minimum Gasteiger partial charge on any atom is -0.314 e. The van der Waals surface area contributed by atoms with Crippen molar-refractivity contribution in [2.75, 3.05) is 19.6 Å². The van der Waals surface area contributed by atoms with E-state index < -0.39 is 0 Å². The maximum Gasteiger partial charge on any atom is 0.0360 e. The van der Waals surface area contributed by atoms with E-state index in [1.54, 1.807) is 11.1 Å². The second-order valence-electron chi connectivity index (χ2n) is 6.44. The first-order valence-electron chi connectivity index (χ1n) is 7.15. The Morgan fingerprint density at radius 3 is 2.94 bits per heavy atom. The zero-order chi connectivity index (χ0) is 12.8. The Kier molecular flexibility index (Phi) is 2.95. The van der Waals surface area contributed by atoms with Gasteiger partial charge in [0.15, 0.2) is 0 Å². The fourth-order valence-corrected chi connectivity index (χ4v) is 3.60. The molecule has 1 aliphatic carbocycles. The summed E-state index contributed by atoms with van der Waals surface area (Å²) in [6.45, 7) is 10.3. The summed E-state index contributed by atoms with van der Waals surface area (Å²) in [6.07, 6.45) is 2.54. The van der Waals surface area contributed by atoms with E-state index in [1.807, 2.05) is 0 Å². The van der Waals surface area contributed by atoms with Crippen molar-refractivity contribution in [3.63, 3.8) is 0 Å². The van der Waals surface area contributed by atoms with Gasteiger partial charge in [-0.15, -0.1) is 0 Å². The average Bonchev–Trinajstić information content (AvgIpc) is 2.71. The van der Waals surface area contributed by atoms with E-state index in [0.717, 1.165) is 13.1 Å². The summed E-state index contributed by atoms with van der Waals surface area (Å²) in [4.78, 5) is 2.72. The van der Waals surface area contributed by atoms with Crippen molar-refractivity contribution in [3.05, 3.63) is 34.9 Å². The highest BCUT2D eigenvalue weighted by atomic mass is 15.3. The largest absolute Gasteiger partial charge is 0.314 e. The predicted octanol–water partition coefficient (Wildman–Crippen LogP) is 2.67. The summed E-state index contributed by atoms with van der Waals surface area (Å²) in [6, 6.07) is 7.63. The number of aryl methyl sites for hydroxylation is 2. The van der Waals surface area contributed by atoms with Crippen LogP contribution >= 0.6 is 0 Å². The SMILES string of the molecule is Cc1ccc2c(c1)C(N1CCNCC1(C)C)CC2. The number of benzene rings is 1. The molecule has 1 heterocycles. The number of nitrogens with one attached hydrogen (secondary N) is 1. The highest BCUT2D eigenvalue weighted by Crippen LogP contribution is 2.39. The molecular weight excluding hydrogens is 220 g/mol. The summed E-state index contributed by atoms with van der Waals surface area (Å²) in [5.74, 6) is 0. The van der Waals surface area contributed by atoms with Crippen molar-refractivity contribution in [3.8, 4) is 0 Å². The van der Waals surface area contributed by atoms with Crippen LogP contribution in [0.5, 0.6) is 0 Å². The highest BCUT2D eigenvalue weighted by molar-refractivity contribution is 5.38. The molecule has 3 rings (SSSR count). The molecule has 18 heavy (non-hydrogen) atoms. The normalized spacial score (nSPS) is 27.2. The fraction of sp³-hybridized carbons (Fsp3) is 0.625. The topological polar surface area (TPSA) is 15.3 Å². The number of hydrogen-bond donors (Lipinski definition) is 1. The Bertz CT molecular complexity index is 450. The summed E-state index contributed by atoms with van der Waals surface area (Å²) < 4.78 is 0. The summed E-state index contributed by atoms with van der Waals surface area (Å²) in [7, 11) is 0. The molecule has 1 fully saturated rings. The number of fused-ring (bicyclic) bond motifs is 1. The molecule has 1 aliphatic heterocycles. The number of rotatable bonds is 1. The highest BCUT2D eigenvalue weighted by Gasteiger charge is 2.37. The van der Waals surface area contributed by atoms with Gasteiger partial charge in [-0.3, -0.25) is 4.90 Å². The van der Waals surface area contributed by atoms with Gasteiger partial charge in [-0.25, -0.2) is 0 Å². The molecular formula is C16H24N2. The van der Waals surface area contributed by atoms with Crippen LogP contribution in [0.1, 0.15) is 43.0 Å². The minimum absolute atomic E-state index is 0.272. The zero-order valence-corrected chi connectivity index (χ0v) is 11.8. The third kappa shape index (κ3) is 1.98. The van der Waals surface area contributed by atoms with Crippen molar-refractivity contribution in [2.24, 2.45) is 0 Å². The zero-order valence-electron chi connectivity index (χ0n) is 11.8. The molecule has 2 aliphatic rings. The molecule has 1 aromatic rings. The van der Waals surface area contributed by atoms with Crippen molar-refractivity contribution in [2.45, 2.75) is 45.2 Å². The Hall–Kier alpha value is -0.860. The molecule has 1 unspecified atom stereocenters. The first-order valence-corrected chi connectivity index (χ1v) is 7.15. The van der Waals surface area contributed by atoms with Crippen LogP contribution in [0.4, 0.5) is 0 Å². The van der Waals surface area contributed by atoms with E-state index in [-0.39, 0.29) is 5.54 Å². The molecule has 98 valence electrons. The van der Waals surface area contributed by atoms with Gasteiger partial charge < -0.3 is 5.32 Å². The van der Waals surface area contributed by atoms with Gasteiger partial charge in [0.2, 0.25) is 0 Å². The van der Waals surface area contributed by atoms with Gasteiger partial charge in [0.05, 0.1) is 0 Å². The standard InChI is InChI=1S/C16H24N2/c1-12-4-5-13-6-7-15(14(13)10-12)18-9-8-17-11-16(18,2)3/h4-5,10,15,17H,6-9,11H2,1-3H3. The maximum atomic E-state index is 3.52. The minimum atomic E-state index is 0.272. The van der Waals surface area contributed by atoms with Crippen molar-refractivity contribution in [1.29, 1.82) is 0 Å². The molecule has 2 nitrogen and oxygen atoms in total. The molecule has 0 spiro atoms. The molecule has 0 aromatic heterocycles. The molecule has 2 heteroatoms. The van der Waals surface area contributed by atoms with Crippen molar-refractivity contribution < 1.29 is 0 Å². The van der Waals surface area contributed by atoms with Crippen molar-refractivity contribution in [1.82, 2.24) is 10.2 Å². The van der Waals surface area contributed by atoms with E-state index in [9.17, 15) is 0 Å². The van der Waals surface area contributed by atoms with E-state index in [0.29, 0.717) is 6.04 Å². The van der Waals surface area contributed by atoms with Crippen molar-refractivity contribution >= 4 is 0 Å². The van der Waals surface area contributed by atoms with Crippen LogP contribution in [0.25, 0.3) is 0 Å². The Labute approximate surface area is 110 Å². The third-order valence-corrected chi connectivity index (χ3v) is 4.59. The van der Waals surface area contributed by atoms with E-state index in [4.69, 9.17) is 0 Å². The predicted molar refractivity (Wildman–Crippen MR) is 75.9 cm³/mol. The van der Waals surface area contributed by atoms with Crippen LogP contribution in [0, 0.1) is 6.92 Å². The van der Waals surface area contributed by atoms with Gasteiger partial charge in [-0.2, -0.15) is 0 Å². The van der Waals surface area contributed by atoms with E-state index >= 15 is 0 Å². The second-order valence-corrected chi connectivity index (χ2v) is 6.44. The lowest BCUT2D eigenvalue weighted by Gasteiger charge is -2.46. The maximum absolute atomic E-state index is 3.52. The molecule has 0 bridgehead atoms. The number of nitrogens with zero attached hydrogens (tertiary/aromatic N) is 1. The van der Waals surface area contributed by atoms with Gasteiger partial charge in [-0.05, 0) is 44.7 Å². The van der Waals surface area contributed by atoms with Crippen LogP contribution in [-0.4, -0.2) is 30.1 Å². The third-order valence-electron chi connectivity index (χ3n) is 4.59. The molecule has 0 saturated carbocycles. The van der Waals surface area contributed by atoms with Gasteiger partial charge >= 0.3 is 0 Å². The Morgan fingerprint density at radius 2 is 2.17 bits per heavy atom. The van der Waals surface area contributed by atoms with Crippen LogP contribution in [0.3, 0.4) is 0 Å². The monoisotopic (exact) mass is 244 g/mol. The quantitative estimate of drug-likeness (QED) is 0.817. The van der Waals surface area contributed by atoms with Gasteiger partial charge in [0, 0.05) is 31.2 Å². The average molecular weight is 244 g/mol. The van der Waals surface area contributed by atoms with Gasteiger partial charge in [0.1, 0.15) is 0 Å². The molecule has 0 radical (unpaired) electrons. The summed E-state index contributed by atoms with van der Waals surface area (Å²) >= 11 is 0. The second kappa shape index (κ2) is 4.36. The molecule has 1 aromatic carbocycles. The lowest BCUT2D eigenvalue weighted by molar-refractivity contribution is 0.0446. The van der Waals surface area contributed by atoms with Crippen LogP contribution in [-0.2, 0) is 6.42 Å². The number of piperazine rings is 1. The van der Waals surface area contributed by atoms with Gasteiger partial charge in [0.25, 0.3) is 0 Å². The molecule has 0 amide bonds. The van der Waals surface area contributed by atoms with Gasteiger partial charge in [-0.1, -0.05) is 23.8 Å². The summed E-state index contributed by atoms with van der Waals surface area (Å²) in [5, 5.41) is 3.52. The van der Waals surface area contributed by atoms with Crippen LogP contribution in [0.15, 0.2) is 18.2 Å². The first kappa shape index (κ1) is 12.2. The fourth-order valence-electron chi connectivity index (χ4n) is 3.60. The first-order chi connectivity index (χ1) is 8.58. The van der Waals surface area contributed by atoms with Crippen LogP contribution in [0.2, 0.25) is 0 Å². The molecule has 1 atom stereocenters. The summed E-state index contributed by atoms with van der Waals surface area (Å²) in [5.41, 5.74) is 4.83. The Balaban J connectivity index is 1.93.